The van der Waals surface area contributed by atoms with E-state index >= 15 is 0 Å². The molecule has 0 saturated heterocycles. The fourth-order valence-electron chi connectivity index (χ4n) is 2.00. The van der Waals surface area contributed by atoms with Crippen molar-refractivity contribution in [3.63, 3.8) is 0 Å². The molecular weight excluding hydrogens is 346 g/mol. The van der Waals surface area contributed by atoms with Crippen molar-refractivity contribution in [1.29, 1.82) is 0 Å². The number of rotatable bonds is 2. The predicted octanol–water partition coefficient (Wildman–Crippen LogP) is 3.97. The van der Waals surface area contributed by atoms with E-state index in [4.69, 9.17) is 5.11 Å². The summed E-state index contributed by atoms with van der Waals surface area (Å²) in [5.41, 5.74) is 0.826. The first-order valence-corrected chi connectivity index (χ1v) is 6.63. The number of hydrogen-bond acceptors (Lipinski definition) is 2. The molecule has 1 aromatic heterocycles. The van der Waals surface area contributed by atoms with Gasteiger partial charge in [-0.15, -0.1) is 0 Å². The maximum Gasteiger partial charge on any atom is 0.338 e. The van der Waals surface area contributed by atoms with Gasteiger partial charge in [-0.05, 0) is 40.2 Å². The summed E-state index contributed by atoms with van der Waals surface area (Å²) in [6, 6.07) is 6.31. The molecule has 0 amide bonds. The van der Waals surface area contributed by atoms with Gasteiger partial charge in [-0.1, -0.05) is 0 Å². The number of hydrogen-bond donors (Lipinski definition) is 2. The Morgan fingerprint density at radius 2 is 2.00 bits per heavy atom. The Morgan fingerprint density at radius 3 is 2.67 bits per heavy atom. The van der Waals surface area contributed by atoms with E-state index in [2.05, 4.69) is 25.9 Å². The van der Waals surface area contributed by atoms with Crippen molar-refractivity contribution >= 4 is 32.9 Å². The van der Waals surface area contributed by atoms with E-state index in [9.17, 15) is 13.6 Å². The number of H-pyrrole nitrogens is 1. The second-order valence-corrected chi connectivity index (χ2v) is 5.22. The Labute approximate surface area is 125 Å². The summed E-state index contributed by atoms with van der Waals surface area (Å²) in [5.74, 6) is -2.22. The van der Waals surface area contributed by atoms with Crippen molar-refractivity contribution < 1.29 is 18.7 Å². The number of aromatic amines is 1. The number of carbonyl (C=O) groups is 1. The quantitative estimate of drug-likeness (QED) is 0.733. The zero-order valence-corrected chi connectivity index (χ0v) is 11.9. The van der Waals surface area contributed by atoms with Gasteiger partial charge in [0.15, 0.2) is 0 Å². The molecule has 0 unspecified atom stereocenters. The molecule has 0 aliphatic rings. The molecule has 0 aliphatic carbocycles. The first-order valence-electron chi connectivity index (χ1n) is 5.83. The molecule has 0 radical (unpaired) electrons. The van der Waals surface area contributed by atoms with Gasteiger partial charge in [0.05, 0.1) is 16.6 Å². The molecule has 1 heterocycles. The van der Waals surface area contributed by atoms with Gasteiger partial charge >= 0.3 is 5.97 Å². The van der Waals surface area contributed by atoms with Crippen molar-refractivity contribution in [3.05, 3.63) is 52.0 Å². The zero-order valence-electron chi connectivity index (χ0n) is 10.3. The maximum atomic E-state index is 13.6. The van der Waals surface area contributed by atoms with Crippen LogP contribution in [0.2, 0.25) is 0 Å². The van der Waals surface area contributed by atoms with Gasteiger partial charge in [0, 0.05) is 16.1 Å². The Hall–Kier alpha value is -2.28. The smallest absolute Gasteiger partial charge is 0.338 e. The molecule has 0 aliphatic heterocycles. The molecule has 0 spiro atoms. The van der Waals surface area contributed by atoms with E-state index in [1.54, 1.807) is 0 Å². The molecule has 106 valence electrons. The van der Waals surface area contributed by atoms with Crippen LogP contribution in [-0.2, 0) is 0 Å². The van der Waals surface area contributed by atoms with Gasteiger partial charge < -0.3 is 10.1 Å². The highest BCUT2D eigenvalue weighted by molar-refractivity contribution is 9.10. The highest BCUT2D eigenvalue weighted by atomic mass is 79.9. The molecule has 0 saturated carbocycles. The van der Waals surface area contributed by atoms with Crippen LogP contribution >= 0.6 is 15.9 Å². The summed E-state index contributed by atoms with van der Waals surface area (Å²) >= 11 is 3.23. The van der Waals surface area contributed by atoms with Crippen molar-refractivity contribution in [2.24, 2.45) is 0 Å². The summed E-state index contributed by atoms with van der Waals surface area (Å²) in [6.45, 7) is 0. The van der Waals surface area contributed by atoms with Crippen LogP contribution in [-0.4, -0.2) is 21.0 Å². The molecule has 0 fully saturated rings. The minimum absolute atomic E-state index is 0.319. The largest absolute Gasteiger partial charge is 0.478 e. The molecule has 3 aromatic rings. The highest BCUT2D eigenvalue weighted by Gasteiger charge is 2.15. The van der Waals surface area contributed by atoms with Crippen LogP contribution in [0.25, 0.3) is 22.4 Å². The lowest BCUT2D eigenvalue weighted by molar-refractivity contribution is 0.0692. The molecule has 3 rings (SSSR count). The third-order valence-corrected chi connectivity index (χ3v) is 3.64. The lowest BCUT2D eigenvalue weighted by Crippen LogP contribution is -1.99. The normalized spacial score (nSPS) is 11.0. The molecule has 2 aromatic carbocycles. The van der Waals surface area contributed by atoms with Gasteiger partial charge in [-0.2, -0.15) is 0 Å². The first kappa shape index (κ1) is 13.7. The first-order chi connectivity index (χ1) is 9.95. The minimum Gasteiger partial charge on any atom is -0.478 e. The van der Waals surface area contributed by atoms with Gasteiger partial charge in [0.2, 0.25) is 0 Å². The Bertz CT molecular complexity index is 877. The van der Waals surface area contributed by atoms with E-state index in [0.29, 0.717) is 26.9 Å². The molecule has 7 heteroatoms. The van der Waals surface area contributed by atoms with Gasteiger partial charge in [-0.3, -0.25) is 0 Å². The van der Waals surface area contributed by atoms with Crippen molar-refractivity contribution in [2.45, 2.75) is 0 Å². The Morgan fingerprint density at radius 1 is 1.24 bits per heavy atom. The fraction of sp³-hybridized carbons (Fsp3) is 0. The molecule has 2 N–H and O–H groups in total. The standard InChI is InChI=1S/C14H7BrF2N2O2/c15-9-3-6(16)1-2-7(9)13-18-11-4-8(14(20)21)10(17)5-12(11)19-13/h1-5H,(H,18,19)(H,20,21). The molecule has 0 bridgehead atoms. The maximum absolute atomic E-state index is 13.6. The van der Waals surface area contributed by atoms with E-state index in [1.165, 1.54) is 18.2 Å². The van der Waals surface area contributed by atoms with Crippen molar-refractivity contribution in [1.82, 2.24) is 9.97 Å². The average Bonchev–Trinajstić information content (AvgIpc) is 2.79. The van der Waals surface area contributed by atoms with Crippen LogP contribution in [0.5, 0.6) is 0 Å². The summed E-state index contributed by atoms with van der Waals surface area (Å²) < 4.78 is 27.2. The second kappa shape index (κ2) is 4.92. The Balaban J connectivity index is 2.19. The van der Waals surface area contributed by atoms with Crippen LogP contribution in [0.15, 0.2) is 34.8 Å². The van der Waals surface area contributed by atoms with Crippen LogP contribution < -0.4 is 0 Å². The van der Waals surface area contributed by atoms with E-state index in [-0.39, 0.29) is 0 Å². The van der Waals surface area contributed by atoms with E-state index in [1.807, 2.05) is 0 Å². The van der Waals surface area contributed by atoms with Crippen LogP contribution in [0.3, 0.4) is 0 Å². The third-order valence-electron chi connectivity index (χ3n) is 2.99. The van der Waals surface area contributed by atoms with Crippen LogP contribution in [0, 0.1) is 11.6 Å². The van der Waals surface area contributed by atoms with E-state index < -0.39 is 23.2 Å². The highest BCUT2D eigenvalue weighted by Crippen LogP contribution is 2.29. The van der Waals surface area contributed by atoms with Gasteiger partial charge in [0.1, 0.15) is 17.5 Å². The predicted molar refractivity (Wildman–Crippen MR) is 76.1 cm³/mol. The molecular formula is C14H7BrF2N2O2. The number of aromatic carboxylic acids is 1. The summed E-state index contributed by atoms with van der Waals surface area (Å²) in [4.78, 5) is 18.0. The number of fused-ring (bicyclic) bond motifs is 1. The van der Waals surface area contributed by atoms with Gasteiger partial charge in [0.25, 0.3) is 0 Å². The third kappa shape index (κ3) is 2.40. The minimum atomic E-state index is -1.36. The number of carboxylic acid groups (broad SMARTS) is 1. The topological polar surface area (TPSA) is 66.0 Å². The fourth-order valence-corrected chi connectivity index (χ4v) is 2.54. The summed E-state index contributed by atoms with van der Waals surface area (Å²) in [5, 5.41) is 8.90. The number of imidazole rings is 1. The number of carboxylic acids is 1. The van der Waals surface area contributed by atoms with Crippen molar-refractivity contribution in [2.75, 3.05) is 0 Å². The second-order valence-electron chi connectivity index (χ2n) is 4.36. The SMILES string of the molecule is O=C(O)c1cc2nc(-c3ccc(F)cc3Br)[nH]c2cc1F. The van der Waals surface area contributed by atoms with Gasteiger partial charge in [-0.25, -0.2) is 18.6 Å². The van der Waals surface area contributed by atoms with Crippen molar-refractivity contribution in [3.8, 4) is 11.4 Å². The monoisotopic (exact) mass is 352 g/mol. The molecule has 4 nitrogen and oxygen atoms in total. The molecule has 21 heavy (non-hydrogen) atoms. The van der Waals surface area contributed by atoms with Crippen LogP contribution in [0.1, 0.15) is 10.4 Å². The lowest BCUT2D eigenvalue weighted by Gasteiger charge is -2.00. The number of nitrogens with zero attached hydrogens (tertiary/aromatic N) is 1. The number of aromatic nitrogens is 2. The van der Waals surface area contributed by atoms with Crippen LogP contribution in [0.4, 0.5) is 8.78 Å². The van der Waals surface area contributed by atoms with E-state index in [0.717, 1.165) is 12.1 Å². The summed E-state index contributed by atoms with van der Waals surface area (Å²) in [6.07, 6.45) is 0. The zero-order chi connectivity index (χ0) is 15.1. The lowest BCUT2D eigenvalue weighted by atomic mass is 10.2. The molecule has 0 atom stereocenters. The number of benzene rings is 2. The number of halogens is 3. The number of nitrogens with one attached hydrogen (secondary N) is 1. The average molecular weight is 353 g/mol. The summed E-state index contributed by atoms with van der Waals surface area (Å²) in [7, 11) is 0. The Kier molecular flexibility index (Phi) is 3.21.